The van der Waals surface area contributed by atoms with Gasteiger partial charge in [-0.25, -0.2) is 0 Å². The third-order valence-electron chi connectivity index (χ3n) is 6.73. The zero-order chi connectivity index (χ0) is 20.5. The van der Waals surface area contributed by atoms with E-state index < -0.39 is 0 Å². The summed E-state index contributed by atoms with van der Waals surface area (Å²) in [6, 6.07) is 11.2. The second-order valence-electron chi connectivity index (χ2n) is 8.61. The van der Waals surface area contributed by atoms with E-state index in [4.69, 9.17) is 4.74 Å². The highest BCUT2D eigenvalue weighted by Crippen LogP contribution is 2.43. The summed E-state index contributed by atoms with van der Waals surface area (Å²) >= 11 is 0. The lowest BCUT2D eigenvalue weighted by molar-refractivity contribution is 0.0732. The van der Waals surface area contributed by atoms with Crippen molar-refractivity contribution in [2.75, 3.05) is 64.9 Å². The van der Waals surface area contributed by atoms with Gasteiger partial charge < -0.3 is 20.3 Å². The van der Waals surface area contributed by atoms with E-state index in [-0.39, 0.29) is 0 Å². The van der Waals surface area contributed by atoms with Crippen LogP contribution in [0.1, 0.15) is 32.6 Å². The normalized spacial score (nSPS) is 20.8. The van der Waals surface area contributed by atoms with E-state index in [1.54, 1.807) is 7.11 Å². The third-order valence-corrected chi connectivity index (χ3v) is 6.73. The molecule has 29 heavy (non-hydrogen) atoms. The van der Waals surface area contributed by atoms with E-state index in [2.05, 4.69) is 62.7 Å². The molecule has 1 aromatic carbocycles. The number of hydrogen-bond donors (Lipinski definition) is 2. The molecule has 0 aromatic heterocycles. The number of guanidine groups is 1. The van der Waals surface area contributed by atoms with E-state index in [0.29, 0.717) is 11.5 Å². The fraction of sp³-hybridized carbons (Fsp3) is 0.696. The number of ether oxygens (including phenoxy) is 1. The summed E-state index contributed by atoms with van der Waals surface area (Å²) in [4.78, 5) is 9.49. The smallest absolute Gasteiger partial charge is 0.191 e. The summed E-state index contributed by atoms with van der Waals surface area (Å²) in [6.45, 7) is 9.43. The average molecular weight is 402 g/mol. The van der Waals surface area contributed by atoms with Crippen LogP contribution in [-0.4, -0.2) is 76.9 Å². The maximum Gasteiger partial charge on any atom is 0.191 e. The van der Waals surface area contributed by atoms with Crippen molar-refractivity contribution in [1.82, 2.24) is 15.5 Å². The van der Waals surface area contributed by atoms with Gasteiger partial charge in [-0.15, -0.1) is 0 Å². The Kier molecular flexibility index (Phi) is 8.19. The fourth-order valence-corrected chi connectivity index (χ4v) is 4.44. The summed E-state index contributed by atoms with van der Waals surface area (Å²) in [5, 5.41) is 7.10. The van der Waals surface area contributed by atoms with Gasteiger partial charge in [0, 0.05) is 71.8 Å². The Morgan fingerprint density at radius 3 is 2.45 bits per heavy atom. The summed E-state index contributed by atoms with van der Waals surface area (Å²) in [7, 11) is 3.66. The van der Waals surface area contributed by atoms with Crippen molar-refractivity contribution in [2.45, 2.75) is 38.6 Å². The highest BCUT2D eigenvalue weighted by molar-refractivity contribution is 5.79. The van der Waals surface area contributed by atoms with Gasteiger partial charge >= 0.3 is 0 Å². The Morgan fingerprint density at radius 2 is 1.86 bits per heavy atom. The van der Waals surface area contributed by atoms with Gasteiger partial charge in [0.05, 0.1) is 0 Å². The summed E-state index contributed by atoms with van der Waals surface area (Å²) < 4.78 is 5.31. The SMILES string of the molecule is CN=C(NCC(C)N1CCN(c2ccccc2)CC1)NCC1(CCOC)CCC1. The Labute approximate surface area is 176 Å². The fourth-order valence-electron chi connectivity index (χ4n) is 4.44. The minimum atomic E-state index is 0.396. The number of piperazine rings is 1. The molecule has 1 saturated carbocycles. The first-order valence-electron chi connectivity index (χ1n) is 11.1. The van der Waals surface area contributed by atoms with Crippen molar-refractivity contribution in [1.29, 1.82) is 0 Å². The van der Waals surface area contributed by atoms with Crippen LogP contribution in [0.25, 0.3) is 0 Å². The quantitative estimate of drug-likeness (QED) is 0.492. The first-order valence-corrected chi connectivity index (χ1v) is 11.1. The van der Waals surface area contributed by atoms with E-state index in [1.165, 1.54) is 24.9 Å². The number of methoxy groups -OCH3 is 1. The van der Waals surface area contributed by atoms with E-state index in [0.717, 1.165) is 58.3 Å². The molecule has 0 amide bonds. The van der Waals surface area contributed by atoms with E-state index in [9.17, 15) is 0 Å². The first-order chi connectivity index (χ1) is 14.2. The van der Waals surface area contributed by atoms with Crippen molar-refractivity contribution < 1.29 is 4.74 Å². The molecule has 1 unspecified atom stereocenters. The molecule has 1 heterocycles. The number of hydrogen-bond acceptors (Lipinski definition) is 4. The molecule has 2 N–H and O–H groups in total. The number of benzene rings is 1. The molecule has 6 nitrogen and oxygen atoms in total. The van der Waals surface area contributed by atoms with Crippen LogP contribution in [0.2, 0.25) is 0 Å². The summed E-state index contributed by atoms with van der Waals surface area (Å²) in [5.41, 5.74) is 1.73. The molecule has 0 spiro atoms. The van der Waals surface area contributed by atoms with Crippen molar-refractivity contribution in [3.63, 3.8) is 0 Å². The Hall–Kier alpha value is -1.79. The standard InChI is InChI=1S/C23H39N5O/c1-20(27-13-15-28(16-14-27)21-8-5-4-6-9-21)18-25-22(24-2)26-19-23(10-7-11-23)12-17-29-3/h4-6,8-9,20H,7,10-19H2,1-3H3,(H2,24,25,26). The third kappa shape index (κ3) is 6.09. The van der Waals surface area contributed by atoms with Crippen LogP contribution in [-0.2, 0) is 4.74 Å². The topological polar surface area (TPSA) is 52.1 Å². The number of aliphatic imine (C=N–C) groups is 1. The van der Waals surface area contributed by atoms with Gasteiger partial charge in [-0.05, 0) is 43.7 Å². The zero-order valence-corrected chi connectivity index (χ0v) is 18.5. The van der Waals surface area contributed by atoms with Crippen LogP contribution in [0.3, 0.4) is 0 Å². The van der Waals surface area contributed by atoms with Crippen LogP contribution in [0.5, 0.6) is 0 Å². The lowest BCUT2D eigenvalue weighted by Crippen LogP contribution is -2.54. The largest absolute Gasteiger partial charge is 0.385 e. The van der Waals surface area contributed by atoms with Crippen LogP contribution in [0.15, 0.2) is 35.3 Å². The second kappa shape index (κ2) is 10.8. The number of para-hydroxylation sites is 1. The predicted molar refractivity (Wildman–Crippen MR) is 122 cm³/mol. The first kappa shape index (κ1) is 21.9. The average Bonchev–Trinajstić information content (AvgIpc) is 2.75. The maximum absolute atomic E-state index is 5.31. The minimum absolute atomic E-state index is 0.396. The van der Waals surface area contributed by atoms with Crippen molar-refractivity contribution >= 4 is 11.6 Å². The molecule has 2 fully saturated rings. The number of rotatable bonds is 9. The molecule has 2 aliphatic rings. The zero-order valence-electron chi connectivity index (χ0n) is 18.5. The molecule has 1 aromatic rings. The lowest BCUT2D eigenvalue weighted by atomic mass is 9.67. The molecule has 1 aliphatic carbocycles. The van der Waals surface area contributed by atoms with Gasteiger partial charge in [0.2, 0.25) is 0 Å². The highest BCUT2D eigenvalue weighted by Gasteiger charge is 2.36. The van der Waals surface area contributed by atoms with E-state index in [1.807, 2.05) is 7.05 Å². The van der Waals surface area contributed by atoms with Gasteiger partial charge in [-0.2, -0.15) is 0 Å². The molecule has 6 heteroatoms. The van der Waals surface area contributed by atoms with Gasteiger partial charge in [-0.3, -0.25) is 9.89 Å². The molecule has 3 rings (SSSR count). The molecule has 1 atom stereocenters. The van der Waals surface area contributed by atoms with Crippen LogP contribution in [0.4, 0.5) is 5.69 Å². The van der Waals surface area contributed by atoms with Gasteiger partial charge in [0.15, 0.2) is 5.96 Å². The van der Waals surface area contributed by atoms with Crippen molar-refractivity contribution in [3.8, 4) is 0 Å². The molecular weight excluding hydrogens is 362 g/mol. The predicted octanol–water partition coefficient (Wildman–Crippen LogP) is 2.57. The van der Waals surface area contributed by atoms with E-state index >= 15 is 0 Å². The molecule has 162 valence electrons. The van der Waals surface area contributed by atoms with Gasteiger partial charge in [0.1, 0.15) is 0 Å². The summed E-state index contributed by atoms with van der Waals surface area (Å²) in [6.07, 6.45) is 5.06. The second-order valence-corrected chi connectivity index (χ2v) is 8.61. The number of anilines is 1. The number of nitrogens with zero attached hydrogens (tertiary/aromatic N) is 3. The Bertz CT molecular complexity index is 623. The lowest BCUT2D eigenvalue weighted by Gasteiger charge is -2.42. The molecule has 0 radical (unpaired) electrons. The molecular formula is C23H39N5O. The van der Waals surface area contributed by atoms with Crippen molar-refractivity contribution in [3.05, 3.63) is 30.3 Å². The summed E-state index contributed by atoms with van der Waals surface area (Å²) in [5.74, 6) is 0.920. The molecule has 0 bridgehead atoms. The number of nitrogens with one attached hydrogen (secondary N) is 2. The minimum Gasteiger partial charge on any atom is -0.385 e. The Balaban J connectivity index is 1.38. The van der Waals surface area contributed by atoms with Crippen LogP contribution in [0, 0.1) is 5.41 Å². The van der Waals surface area contributed by atoms with Crippen LogP contribution >= 0.6 is 0 Å². The highest BCUT2D eigenvalue weighted by atomic mass is 16.5. The maximum atomic E-state index is 5.31. The molecule has 1 saturated heterocycles. The molecule has 1 aliphatic heterocycles. The van der Waals surface area contributed by atoms with Gasteiger partial charge in [0.25, 0.3) is 0 Å². The van der Waals surface area contributed by atoms with Crippen molar-refractivity contribution in [2.24, 2.45) is 10.4 Å². The van der Waals surface area contributed by atoms with Gasteiger partial charge in [-0.1, -0.05) is 24.6 Å². The Morgan fingerprint density at radius 1 is 1.14 bits per heavy atom. The monoisotopic (exact) mass is 401 g/mol. The van der Waals surface area contributed by atoms with Crippen LogP contribution < -0.4 is 15.5 Å².